The lowest BCUT2D eigenvalue weighted by Gasteiger charge is -2.08. The summed E-state index contributed by atoms with van der Waals surface area (Å²) in [6.07, 6.45) is 2.10. The maximum atomic E-state index is 12.4. The highest BCUT2D eigenvalue weighted by Gasteiger charge is 2.09. The van der Waals surface area contributed by atoms with Crippen LogP contribution < -0.4 is 5.56 Å². The SMILES string of the molecule is Cc1ccc(Cn2ccc3ccc(-c4nc5ccccc5c(=O)[nH]4)cc32)cc1. The maximum absolute atomic E-state index is 12.4. The average Bonchev–Trinajstić information content (AvgIpc) is 3.12. The van der Waals surface area contributed by atoms with E-state index in [2.05, 4.69) is 70.1 Å². The Labute approximate surface area is 162 Å². The van der Waals surface area contributed by atoms with Crippen molar-refractivity contribution in [2.75, 3.05) is 0 Å². The fraction of sp³-hybridized carbons (Fsp3) is 0.0833. The van der Waals surface area contributed by atoms with Crippen LogP contribution in [-0.4, -0.2) is 14.5 Å². The molecule has 4 heteroatoms. The van der Waals surface area contributed by atoms with Gasteiger partial charge in [-0.15, -0.1) is 0 Å². The summed E-state index contributed by atoms with van der Waals surface area (Å²) in [5.41, 5.74) is 5.13. The molecule has 5 rings (SSSR count). The molecule has 5 aromatic rings. The molecule has 0 aliphatic rings. The second-order valence-electron chi connectivity index (χ2n) is 7.13. The Morgan fingerprint density at radius 1 is 0.964 bits per heavy atom. The quantitative estimate of drug-likeness (QED) is 0.494. The van der Waals surface area contributed by atoms with Crippen LogP contribution in [0.5, 0.6) is 0 Å². The van der Waals surface area contributed by atoms with Gasteiger partial charge in [0.2, 0.25) is 0 Å². The van der Waals surface area contributed by atoms with Crippen molar-refractivity contribution >= 4 is 21.8 Å². The number of nitrogens with zero attached hydrogens (tertiary/aromatic N) is 2. The summed E-state index contributed by atoms with van der Waals surface area (Å²) in [5, 5.41) is 1.77. The molecule has 4 nitrogen and oxygen atoms in total. The maximum Gasteiger partial charge on any atom is 0.259 e. The van der Waals surface area contributed by atoms with E-state index in [1.165, 1.54) is 16.5 Å². The van der Waals surface area contributed by atoms with E-state index in [4.69, 9.17) is 0 Å². The van der Waals surface area contributed by atoms with Crippen LogP contribution in [0.15, 0.2) is 83.8 Å². The monoisotopic (exact) mass is 365 g/mol. The van der Waals surface area contributed by atoms with Crippen molar-refractivity contribution in [3.8, 4) is 11.4 Å². The normalized spacial score (nSPS) is 11.3. The third kappa shape index (κ3) is 2.89. The van der Waals surface area contributed by atoms with Crippen molar-refractivity contribution in [3.05, 3.63) is 100 Å². The molecule has 1 N–H and O–H groups in total. The first-order valence-corrected chi connectivity index (χ1v) is 9.31. The van der Waals surface area contributed by atoms with Crippen molar-refractivity contribution in [1.29, 1.82) is 0 Å². The zero-order chi connectivity index (χ0) is 19.1. The average molecular weight is 365 g/mol. The molecule has 0 amide bonds. The largest absolute Gasteiger partial charge is 0.343 e. The van der Waals surface area contributed by atoms with Gasteiger partial charge in [0.25, 0.3) is 5.56 Å². The van der Waals surface area contributed by atoms with Crippen LogP contribution in [0.1, 0.15) is 11.1 Å². The molecule has 136 valence electrons. The minimum absolute atomic E-state index is 0.115. The molecule has 3 aromatic carbocycles. The number of rotatable bonds is 3. The predicted octanol–water partition coefficient (Wildman–Crippen LogP) is 4.90. The zero-order valence-electron chi connectivity index (χ0n) is 15.5. The first-order chi connectivity index (χ1) is 13.7. The molecule has 0 fully saturated rings. The molecule has 28 heavy (non-hydrogen) atoms. The molecular formula is C24H19N3O. The van der Waals surface area contributed by atoms with Crippen LogP contribution >= 0.6 is 0 Å². The molecule has 0 spiro atoms. The minimum atomic E-state index is -0.115. The summed E-state index contributed by atoms with van der Waals surface area (Å²) in [5.74, 6) is 0.591. The van der Waals surface area contributed by atoms with E-state index in [9.17, 15) is 4.79 Å². The Morgan fingerprint density at radius 2 is 1.79 bits per heavy atom. The molecule has 0 aliphatic heterocycles. The lowest BCUT2D eigenvalue weighted by Crippen LogP contribution is -2.09. The standard InChI is InChI=1S/C24H19N3O/c1-16-6-8-17(9-7-16)15-27-13-12-18-10-11-19(14-22(18)27)23-25-21-5-3-2-4-20(21)24(28)26-23/h2-14H,15H2,1H3,(H,25,26,28). The van der Waals surface area contributed by atoms with Crippen molar-refractivity contribution in [3.63, 3.8) is 0 Å². The van der Waals surface area contributed by atoms with E-state index in [0.717, 1.165) is 17.6 Å². The second kappa shape index (κ2) is 6.50. The van der Waals surface area contributed by atoms with Crippen molar-refractivity contribution in [2.24, 2.45) is 0 Å². The topological polar surface area (TPSA) is 50.7 Å². The van der Waals surface area contributed by atoms with Crippen LogP contribution in [-0.2, 0) is 6.54 Å². The predicted molar refractivity (Wildman–Crippen MR) is 114 cm³/mol. The molecule has 0 saturated carbocycles. The number of benzene rings is 3. The highest BCUT2D eigenvalue weighted by Crippen LogP contribution is 2.24. The van der Waals surface area contributed by atoms with Crippen LogP contribution in [0, 0.1) is 6.92 Å². The highest BCUT2D eigenvalue weighted by molar-refractivity contribution is 5.85. The molecule has 0 atom stereocenters. The Kier molecular flexibility index (Phi) is 3.83. The van der Waals surface area contributed by atoms with Crippen LogP contribution in [0.25, 0.3) is 33.2 Å². The first-order valence-electron chi connectivity index (χ1n) is 9.31. The van der Waals surface area contributed by atoms with Gasteiger partial charge in [0.1, 0.15) is 5.82 Å². The summed E-state index contributed by atoms with van der Waals surface area (Å²) in [6.45, 7) is 2.90. The molecule has 0 unspecified atom stereocenters. The molecule has 0 aliphatic carbocycles. The fourth-order valence-electron chi connectivity index (χ4n) is 3.58. The van der Waals surface area contributed by atoms with Gasteiger partial charge in [-0.05, 0) is 42.1 Å². The molecule has 2 heterocycles. The summed E-state index contributed by atoms with van der Waals surface area (Å²) in [7, 11) is 0. The van der Waals surface area contributed by atoms with Crippen LogP contribution in [0.3, 0.4) is 0 Å². The van der Waals surface area contributed by atoms with E-state index in [1.807, 2.05) is 24.3 Å². The molecule has 0 radical (unpaired) electrons. The van der Waals surface area contributed by atoms with E-state index < -0.39 is 0 Å². The van der Waals surface area contributed by atoms with Crippen molar-refractivity contribution in [1.82, 2.24) is 14.5 Å². The number of nitrogens with one attached hydrogen (secondary N) is 1. The number of aromatic amines is 1. The van der Waals surface area contributed by atoms with Crippen molar-refractivity contribution in [2.45, 2.75) is 13.5 Å². The van der Waals surface area contributed by atoms with Gasteiger partial charge in [-0.25, -0.2) is 4.98 Å². The van der Waals surface area contributed by atoms with E-state index in [0.29, 0.717) is 16.7 Å². The summed E-state index contributed by atoms with van der Waals surface area (Å²) in [4.78, 5) is 20.0. The Bertz CT molecular complexity index is 1360. The van der Waals surface area contributed by atoms with Gasteiger partial charge in [0.05, 0.1) is 10.9 Å². The van der Waals surface area contributed by atoms with Gasteiger partial charge in [0, 0.05) is 23.8 Å². The summed E-state index contributed by atoms with van der Waals surface area (Å²) in [6, 6.07) is 24.3. The first kappa shape index (κ1) is 16.5. The van der Waals surface area contributed by atoms with Crippen LogP contribution in [0.2, 0.25) is 0 Å². The van der Waals surface area contributed by atoms with Gasteiger partial charge in [-0.3, -0.25) is 4.79 Å². The highest BCUT2D eigenvalue weighted by atomic mass is 16.1. The van der Waals surface area contributed by atoms with Gasteiger partial charge >= 0.3 is 0 Å². The Hall–Kier alpha value is -3.66. The molecule has 2 aromatic heterocycles. The second-order valence-corrected chi connectivity index (χ2v) is 7.13. The Balaban J connectivity index is 1.60. The van der Waals surface area contributed by atoms with Gasteiger partial charge in [0.15, 0.2) is 0 Å². The number of fused-ring (bicyclic) bond motifs is 2. The smallest absolute Gasteiger partial charge is 0.259 e. The van der Waals surface area contributed by atoms with Gasteiger partial charge in [-0.2, -0.15) is 0 Å². The number of aryl methyl sites for hydroxylation is 1. The summed E-state index contributed by atoms with van der Waals surface area (Å²) < 4.78 is 2.22. The number of aromatic nitrogens is 3. The molecule has 0 saturated heterocycles. The van der Waals surface area contributed by atoms with E-state index >= 15 is 0 Å². The zero-order valence-corrected chi connectivity index (χ0v) is 15.5. The van der Waals surface area contributed by atoms with Gasteiger partial charge in [-0.1, -0.05) is 54.1 Å². The number of hydrogen-bond donors (Lipinski definition) is 1. The third-order valence-electron chi connectivity index (χ3n) is 5.13. The molecule has 0 bridgehead atoms. The van der Waals surface area contributed by atoms with Crippen LogP contribution in [0.4, 0.5) is 0 Å². The minimum Gasteiger partial charge on any atom is -0.343 e. The number of H-pyrrole nitrogens is 1. The number of para-hydroxylation sites is 1. The molecular weight excluding hydrogens is 346 g/mol. The summed E-state index contributed by atoms with van der Waals surface area (Å²) >= 11 is 0. The Morgan fingerprint density at radius 3 is 2.64 bits per heavy atom. The number of hydrogen-bond acceptors (Lipinski definition) is 2. The third-order valence-corrected chi connectivity index (χ3v) is 5.13. The lowest BCUT2D eigenvalue weighted by atomic mass is 10.1. The lowest BCUT2D eigenvalue weighted by molar-refractivity contribution is 0.836. The van der Waals surface area contributed by atoms with E-state index in [1.54, 1.807) is 6.07 Å². The van der Waals surface area contributed by atoms with Gasteiger partial charge < -0.3 is 9.55 Å². The fourth-order valence-corrected chi connectivity index (χ4v) is 3.58. The van der Waals surface area contributed by atoms with E-state index in [-0.39, 0.29) is 5.56 Å². The van der Waals surface area contributed by atoms with Crippen molar-refractivity contribution < 1.29 is 0 Å².